The molecule has 1 saturated heterocycles. The van der Waals surface area contributed by atoms with Crippen molar-refractivity contribution in [2.24, 2.45) is 11.8 Å². The molecule has 1 aromatic heterocycles. The van der Waals surface area contributed by atoms with Crippen molar-refractivity contribution in [3.05, 3.63) is 64.8 Å². The number of likely N-dealkylation sites (tertiary alicyclic amines) is 1. The fourth-order valence-electron chi connectivity index (χ4n) is 6.15. The second-order valence-corrected chi connectivity index (χ2v) is 10.2. The predicted octanol–water partition coefficient (Wildman–Crippen LogP) is 6.02. The molecule has 1 aliphatic heterocycles. The van der Waals surface area contributed by atoms with Crippen LogP contribution in [0.2, 0.25) is 0 Å². The monoisotopic (exact) mass is 490 g/mol. The van der Waals surface area contributed by atoms with Gasteiger partial charge in [0.1, 0.15) is 5.75 Å². The summed E-state index contributed by atoms with van der Waals surface area (Å²) in [5.41, 5.74) is 4.34. The molecule has 2 heterocycles. The lowest BCUT2D eigenvalue weighted by Gasteiger charge is -2.45. The second-order valence-electron chi connectivity index (χ2n) is 10.2. The first-order valence-electron chi connectivity index (χ1n) is 12.7. The molecule has 1 saturated carbocycles. The van der Waals surface area contributed by atoms with Gasteiger partial charge in [0.2, 0.25) is 0 Å². The van der Waals surface area contributed by atoms with E-state index in [1.807, 2.05) is 31.2 Å². The molecule has 0 amide bonds. The van der Waals surface area contributed by atoms with Gasteiger partial charge in [-0.1, -0.05) is 31.4 Å². The number of methoxy groups -OCH3 is 2. The molecule has 5 rings (SSSR count). The maximum absolute atomic E-state index is 12.0. The molecule has 1 N–H and O–H groups in total. The summed E-state index contributed by atoms with van der Waals surface area (Å²) in [4.78, 5) is 26.3. The molecule has 0 spiro atoms. The Bertz CT molecular complexity index is 1280. The number of aromatic nitrogens is 1. The number of piperidine rings is 1. The second kappa shape index (κ2) is 9.97. The van der Waals surface area contributed by atoms with Crippen LogP contribution in [0.5, 0.6) is 5.75 Å². The van der Waals surface area contributed by atoms with E-state index >= 15 is 0 Å². The highest BCUT2D eigenvalue weighted by Gasteiger charge is 2.36. The molecule has 2 atom stereocenters. The first-order chi connectivity index (χ1) is 17.4. The number of benzene rings is 2. The molecular formula is C29H34N2O5. The van der Waals surface area contributed by atoms with Crippen molar-refractivity contribution < 1.29 is 24.2 Å². The SMILES string of the molecule is COC(=O)c1ccc([C@@H]2CC(C3CCC3)CCN2Cc2c(OC)cc(C)c3c2ccn3C(=O)O)cc1. The van der Waals surface area contributed by atoms with Crippen molar-refractivity contribution in [3.8, 4) is 5.75 Å². The van der Waals surface area contributed by atoms with Gasteiger partial charge in [-0.25, -0.2) is 9.59 Å². The van der Waals surface area contributed by atoms with E-state index < -0.39 is 6.09 Å². The maximum atomic E-state index is 12.0. The van der Waals surface area contributed by atoms with Gasteiger partial charge in [-0.3, -0.25) is 9.47 Å². The number of hydrogen-bond donors (Lipinski definition) is 1. The zero-order valence-corrected chi connectivity index (χ0v) is 21.2. The minimum atomic E-state index is -0.992. The molecule has 3 aromatic rings. The number of fused-ring (bicyclic) bond motifs is 1. The van der Waals surface area contributed by atoms with E-state index in [0.717, 1.165) is 47.6 Å². The van der Waals surface area contributed by atoms with Crippen LogP contribution >= 0.6 is 0 Å². The lowest BCUT2D eigenvalue weighted by molar-refractivity contribution is 0.0554. The molecule has 0 radical (unpaired) electrons. The van der Waals surface area contributed by atoms with Gasteiger partial charge in [-0.05, 0) is 73.5 Å². The molecule has 0 bridgehead atoms. The number of rotatable bonds is 6. The van der Waals surface area contributed by atoms with Gasteiger partial charge in [0, 0.05) is 29.7 Å². The van der Waals surface area contributed by atoms with E-state index in [1.54, 1.807) is 13.3 Å². The minimum Gasteiger partial charge on any atom is -0.496 e. The highest BCUT2D eigenvalue weighted by Crippen LogP contribution is 2.45. The summed E-state index contributed by atoms with van der Waals surface area (Å²) in [6, 6.07) is 11.8. The fourth-order valence-corrected chi connectivity index (χ4v) is 6.15. The Morgan fingerprint density at radius 3 is 2.42 bits per heavy atom. The number of carbonyl (C=O) groups is 2. The Labute approximate surface area is 211 Å². The summed E-state index contributed by atoms with van der Waals surface area (Å²) in [5, 5.41) is 10.6. The third-order valence-corrected chi connectivity index (χ3v) is 8.30. The van der Waals surface area contributed by atoms with Crippen LogP contribution in [0.25, 0.3) is 10.9 Å². The number of esters is 1. The zero-order chi connectivity index (χ0) is 25.4. The molecule has 7 nitrogen and oxygen atoms in total. The number of hydrogen-bond acceptors (Lipinski definition) is 5. The molecule has 7 heteroatoms. The van der Waals surface area contributed by atoms with E-state index in [2.05, 4.69) is 17.0 Å². The predicted molar refractivity (Wildman–Crippen MR) is 138 cm³/mol. The summed E-state index contributed by atoms with van der Waals surface area (Å²) in [7, 11) is 3.07. The third-order valence-electron chi connectivity index (χ3n) is 8.30. The first-order valence-corrected chi connectivity index (χ1v) is 12.7. The molecule has 2 aromatic carbocycles. The normalized spacial score (nSPS) is 20.8. The minimum absolute atomic E-state index is 0.207. The highest BCUT2D eigenvalue weighted by molar-refractivity contribution is 5.94. The van der Waals surface area contributed by atoms with Crippen molar-refractivity contribution >= 4 is 23.0 Å². The molecule has 2 fully saturated rings. The number of nitrogens with zero attached hydrogens (tertiary/aromatic N) is 2. The van der Waals surface area contributed by atoms with Crippen LogP contribution in [-0.2, 0) is 11.3 Å². The smallest absolute Gasteiger partial charge is 0.416 e. The number of carboxylic acid groups (broad SMARTS) is 1. The zero-order valence-electron chi connectivity index (χ0n) is 21.2. The Hall–Kier alpha value is -3.32. The van der Waals surface area contributed by atoms with Gasteiger partial charge in [0.05, 0.1) is 25.3 Å². The van der Waals surface area contributed by atoms with Gasteiger partial charge in [-0.2, -0.15) is 0 Å². The van der Waals surface area contributed by atoms with Crippen LogP contribution in [0.15, 0.2) is 42.6 Å². The van der Waals surface area contributed by atoms with Crippen molar-refractivity contribution in [1.82, 2.24) is 9.47 Å². The number of aryl methyl sites for hydroxylation is 1. The van der Waals surface area contributed by atoms with Gasteiger partial charge in [0.15, 0.2) is 0 Å². The topological polar surface area (TPSA) is 81.0 Å². The standard InChI is InChI=1S/C29H34N2O5/c1-18-15-26(35-2)24(23-12-14-31(27(18)23)29(33)34)17-30-13-11-22(19-5-4-6-19)16-25(30)20-7-9-21(10-8-20)28(32)36-3/h7-10,12,14-15,19,22,25H,4-6,11,13,16-17H2,1-3H3,(H,33,34)/t22?,25-/m0/s1. The summed E-state index contributed by atoms with van der Waals surface area (Å²) >= 11 is 0. The van der Waals surface area contributed by atoms with Crippen LogP contribution in [0.4, 0.5) is 4.79 Å². The molecule has 190 valence electrons. The van der Waals surface area contributed by atoms with Crippen molar-refractivity contribution in [2.45, 2.75) is 51.6 Å². The molecule has 1 aliphatic carbocycles. The van der Waals surface area contributed by atoms with Crippen molar-refractivity contribution in [2.75, 3.05) is 20.8 Å². The Balaban J connectivity index is 1.51. The van der Waals surface area contributed by atoms with Gasteiger partial charge < -0.3 is 14.6 Å². The first kappa shape index (κ1) is 24.4. The number of carbonyl (C=O) groups excluding carboxylic acids is 1. The van der Waals surface area contributed by atoms with Crippen LogP contribution in [-0.4, -0.2) is 47.4 Å². The van der Waals surface area contributed by atoms with Crippen LogP contribution in [0, 0.1) is 18.8 Å². The Morgan fingerprint density at radius 1 is 1.06 bits per heavy atom. The fraction of sp³-hybridized carbons (Fsp3) is 0.448. The summed E-state index contributed by atoms with van der Waals surface area (Å²) < 4.78 is 12.0. The highest BCUT2D eigenvalue weighted by atomic mass is 16.5. The van der Waals surface area contributed by atoms with Crippen LogP contribution in [0.3, 0.4) is 0 Å². The van der Waals surface area contributed by atoms with Gasteiger partial charge in [0.25, 0.3) is 0 Å². The summed E-state index contributed by atoms with van der Waals surface area (Å²) in [5.74, 6) is 1.97. The molecule has 2 aliphatic rings. The van der Waals surface area contributed by atoms with E-state index in [-0.39, 0.29) is 12.0 Å². The van der Waals surface area contributed by atoms with Crippen LogP contribution < -0.4 is 4.74 Å². The van der Waals surface area contributed by atoms with E-state index in [0.29, 0.717) is 23.5 Å². The average Bonchev–Trinajstić information content (AvgIpc) is 3.31. The largest absolute Gasteiger partial charge is 0.496 e. The van der Waals surface area contributed by atoms with E-state index in [9.17, 15) is 14.7 Å². The van der Waals surface area contributed by atoms with E-state index in [4.69, 9.17) is 9.47 Å². The van der Waals surface area contributed by atoms with Crippen molar-refractivity contribution in [1.29, 1.82) is 0 Å². The lowest BCUT2D eigenvalue weighted by atomic mass is 9.70. The van der Waals surface area contributed by atoms with E-state index in [1.165, 1.54) is 36.5 Å². The van der Waals surface area contributed by atoms with Crippen LogP contribution in [0.1, 0.15) is 65.2 Å². The molecular weight excluding hydrogens is 456 g/mol. The Kier molecular flexibility index (Phi) is 6.75. The summed E-state index contributed by atoms with van der Waals surface area (Å²) in [6.45, 7) is 3.54. The van der Waals surface area contributed by atoms with Crippen molar-refractivity contribution in [3.63, 3.8) is 0 Å². The maximum Gasteiger partial charge on any atom is 0.416 e. The van der Waals surface area contributed by atoms with Gasteiger partial charge in [-0.15, -0.1) is 0 Å². The lowest BCUT2D eigenvalue weighted by Crippen LogP contribution is -2.39. The van der Waals surface area contributed by atoms with Gasteiger partial charge >= 0.3 is 12.1 Å². The molecule has 36 heavy (non-hydrogen) atoms. The number of ether oxygens (including phenoxy) is 2. The Morgan fingerprint density at radius 2 is 1.81 bits per heavy atom. The quantitative estimate of drug-likeness (QED) is 0.425. The third kappa shape index (κ3) is 4.37. The molecule has 1 unspecified atom stereocenters. The average molecular weight is 491 g/mol. The summed E-state index contributed by atoms with van der Waals surface area (Å²) in [6.07, 6.45) is 6.86.